The summed E-state index contributed by atoms with van der Waals surface area (Å²) in [6, 6.07) is 0. The van der Waals surface area contributed by atoms with E-state index in [4.69, 9.17) is 17.3 Å². The van der Waals surface area contributed by atoms with E-state index in [1.807, 2.05) is 0 Å². The molecule has 2 rings (SSSR count). The molecule has 0 radical (unpaired) electrons. The van der Waals surface area contributed by atoms with Gasteiger partial charge in [0.2, 0.25) is 0 Å². The van der Waals surface area contributed by atoms with Crippen LogP contribution >= 0.6 is 11.6 Å². The smallest absolute Gasteiger partial charge is 0.330 e. The first-order valence-corrected chi connectivity index (χ1v) is 5.20. The molecule has 0 aromatic carbocycles. The van der Waals surface area contributed by atoms with Crippen molar-refractivity contribution in [2.45, 2.75) is 24.4 Å². The Bertz CT molecular complexity index is 420. The van der Waals surface area contributed by atoms with Crippen LogP contribution in [0.3, 0.4) is 0 Å². The van der Waals surface area contributed by atoms with E-state index >= 15 is 0 Å². The Morgan fingerprint density at radius 2 is 2.06 bits per heavy atom. The maximum Gasteiger partial charge on any atom is 0.435 e. The summed E-state index contributed by atoms with van der Waals surface area (Å²) in [4.78, 5) is 0. The van der Waals surface area contributed by atoms with Crippen LogP contribution in [0.15, 0.2) is 0 Å². The molecule has 0 saturated heterocycles. The molecule has 0 amide bonds. The topological polar surface area (TPSA) is 43.8 Å². The maximum absolute atomic E-state index is 12.8. The van der Waals surface area contributed by atoms with E-state index in [2.05, 4.69) is 5.10 Å². The maximum atomic E-state index is 12.8. The van der Waals surface area contributed by atoms with Crippen LogP contribution in [0.4, 0.5) is 13.2 Å². The number of aryl methyl sites for hydroxylation is 1. The van der Waals surface area contributed by atoms with Crippen molar-refractivity contribution in [3.05, 3.63) is 16.4 Å². The lowest BCUT2D eigenvalue weighted by Gasteiger charge is -2.14. The third kappa shape index (κ3) is 1.60. The molecular formula is C9H11ClF3N3. The van der Waals surface area contributed by atoms with Crippen LogP contribution in [-0.4, -0.2) is 16.3 Å². The van der Waals surface area contributed by atoms with Gasteiger partial charge in [-0.25, -0.2) is 0 Å². The normalized spacial score (nSPS) is 18.9. The Hall–Kier alpha value is -0.750. The van der Waals surface area contributed by atoms with Gasteiger partial charge in [0.05, 0.1) is 0 Å². The second-order valence-corrected chi connectivity index (χ2v) is 4.48. The lowest BCUT2D eigenvalue weighted by atomic mass is 9.96. The minimum absolute atomic E-state index is 0.0373. The van der Waals surface area contributed by atoms with E-state index in [9.17, 15) is 13.2 Å². The van der Waals surface area contributed by atoms with Crippen molar-refractivity contribution in [3.63, 3.8) is 0 Å². The molecular weight excluding hydrogens is 243 g/mol. The Kier molecular flexibility index (Phi) is 2.47. The quantitative estimate of drug-likeness (QED) is 0.877. The number of aromatic nitrogens is 2. The van der Waals surface area contributed by atoms with Crippen LogP contribution in [0.5, 0.6) is 0 Å². The van der Waals surface area contributed by atoms with Crippen molar-refractivity contribution in [1.82, 2.24) is 9.78 Å². The number of rotatable bonds is 2. The van der Waals surface area contributed by atoms with Gasteiger partial charge in [0.25, 0.3) is 0 Å². The molecule has 1 heterocycles. The van der Waals surface area contributed by atoms with Gasteiger partial charge in [0.1, 0.15) is 5.15 Å². The van der Waals surface area contributed by atoms with E-state index in [1.54, 1.807) is 0 Å². The van der Waals surface area contributed by atoms with Crippen molar-refractivity contribution in [2.75, 3.05) is 6.54 Å². The summed E-state index contributed by atoms with van der Waals surface area (Å²) in [5.74, 6) is 0. The second-order valence-electron chi connectivity index (χ2n) is 4.12. The van der Waals surface area contributed by atoms with Gasteiger partial charge in [-0.2, -0.15) is 18.3 Å². The molecule has 0 bridgehead atoms. The fraction of sp³-hybridized carbons (Fsp3) is 0.667. The predicted molar refractivity (Wildman–Crippen MR) is 53.2 cm³/mol. The zero-order chi connectivity index (χ0) is 12.1. The number of halogens is 4. The van der Waals surface area contributed by atoms with Crippen LogP contribution in [0.25, 0.3) is 0 Å². The van der Waals surface area contributed by atoms with Gasteiger partial charge in [-0.1, -0.05) is 11.6 Å². The molecule has 2 N–H and O–H groups in total. The van der Waals surface area contributed by atoms with Crippen LogP contribution < -0.4 is 5.73 Å². The summed E-state index contributed by atoms with van der Waals surface area (Å²) in [5.41, 5.74) is 4.07. The van der Waals surface area contributed by atoms with Gasteiger partial charge in [0.15, 0.2) is 5.69 Å². The number of hydrogen-bond donors (Lipinski definition) is 1. The second kappa shape index (κ2) is 3.37. The summed E-state index contributed by atoms with van der Waals surface area (Å²) in [6.07, 6.45) is -3.21. The highest BCUT2D eigenvalue weighted by Crippen LogP contribution is 2.53. The molecule has 1 saturated carbocycles. The standard InChI is InChI=1S/C9H11ClF3N3/c1-16-7(10)5(8(4-14)2-3-8)6(15-16)9(11,12)13/h2-4,14H2,1H3. The Balaban J connectivity index is 2.59. The van der Waals surface area contributed by atoms with Crippen LogP contribution in [0.2, 0.25) is 5.15 Å². The fourth-order valence-electron chi connectivity index (χ4n) is 1.88. The molecule has 90 valence electrons. The molecule has 0 atom stereocenters. The summed E-state index contributed by atoms with van der Waals surface area (Å²) in [6.45, 7) is 0.168. The lowest BCUT2D eigenvalue weighted by molar-refractivity contribution is -0.142. The lowest BCUT2D eigenvalue weighted by Crippen LogP contribution is -2.23. The SMILES string of the molecule is Cn1nc(C(F)(F)F)c(C2(CN)CC2)c1Cl. The van der Waals surface area contributed by atoms with Crippen LogP contribution in [0.1, 0.15) is 24.1 Å². The van der Waals surface area contributed by atoms with E-state index in [0.717, 1.165) is 4.68 Å². The molecule has 7 heteroatoms. The molecule has 1 fully saturated rings. The molecule has 1 aromatic heterocycles. The highest BCUT2D eigenvalue weighted by Gasteiger charge is 2.52. The zero-order valence-corrected chi connectivity index (χ0v) is 9.36. The third-order valence-corrected chi connectivity index (χ3v) is 3.45. The largest absolute Gasteiger partial charge is 0.435 e. The first-order valence-electron chi connectivity index (χ1n) is 4.82. The molecule has 1 aliphatic carbocycles. The number of nitrogens with zero attached hydrogens (tertiary/aromatic N) is 2. The highest BCUT2D eigenvalue weighted by molar-refractivity contribution is 6.30. The Labute approximate surface area is 95.4 Å². The number of nitrogens with two attached hydrogens (primary N) is 1. The van der Waals surface area contributed by atoms with Gasteiger partial charge >= 0.3 is 6.18 Å². The molecule has 1 aliphatic rings. The van der Waals surface area contributed by atoms with Gasteiger partial charge < -0.3 is 5.73 Å². The summed E-state index contributed by atoms with van der Waals surface area (Å²) in [7, 11) is 1.40. The summed E-state index contributed by atoms with van der Waals surface area (Å²) < 4.78 is 39.3. The summed E-state index contributed by atoms with van der Waals surface area (Å²) in [5, 5.41) is 3.48. The molecule has 0 spiro atoms. The average Bonchev–Trinajstić information content (AvgIpc) is 2.90. The number of hydrogen-bond acceptors (Lipinski definition) is 2. The number of alkyl halides is 3. The van der Waals surface area contributed by atoms with E-state index in [1.165, 1.54) is 7.05 Å². The molecule has 3 nitrogen and oxygen atoms in total. The highest BCUT2D eigenvalue weighted by atomic mass is 35.5. The molecule has 16 heavy (non-hydrogen) atoms. The van der Waals surface area contributed by atoms with E-state index < -0.39 is 17.3 Å². The van der Waals surface area contributed by atoms with Gasteiger partial charge in [-0.15, -0.1) is 0 Å². The Morgan fingerprint density at radius 1 is 1.50 bits per heavy atom. The monoisotopic (exact) mass is 253 g/mol. The van der Waals surface area contributed by atoms with Crippen LogP contribution in [-0.2, 0) is 18.6 Å². The van der Waals surface area contributed by atoms with Crippen molar-refractivity contribution in [1.29, 1.82) is 0 Å². The van der Waals surface area contributed by atoms with Gasteiger partial charge in [-0.05, 0) is 12.8 Å². The van der Waals surface area contributed by atoms with Crippen LogP contribution in [0, 0.1) is 0 Å². The van der Waals surface area contributed by atoms with Crippen molar-refractivity contribution >= 4 is 11.6 Å². The fourth-order valence-corrected chi connectivity index (χ4v) is 2.21. The molecule has 1 aromatic rings. The van der Waals surface area contributed by atoms with Gasteiger partial charge in [0, 0.05) is 24.6 Å². The first kappa shape index (κ1) is 11.7. The van der Waals surface area contributed by atoms with Gasteiger partial charge in [-0.3, -0.25) is 4.68 Å². The Morgan fingerprint density at radius 3 is 2.44 bits per heavy atom. The molecule has 0 aliphatic heterocycles. The zero-order valence-electron chi connectivity index (χ0n) is 8.60. The van der Waals surface area contributed by atoms with E-state index in [-0.39, 0.29) is 17.3 Å². The summed E-state index contributed by atoms with van der Waals surface area (Å²) >= 11 is 5.87. The van der Waals surface area contributed by atoms with Crippen molar-refractivity contribution in [2.24, 2.45) is 12.8 Å². The van der Waals surface area contributed by atoms with Crippen molar-refractivity contribution in [3.8, 4) is 0 Å². The minimum atomic E-state index is -4.48. The van der Waals surface area contributed by atoms with E-state index in [0.29, 0.717) is 12.8 Å². The molecule has 0 unspecified atom stereocenters. The first-order chi connectivity index (χ1) is 7.32. The minimum Gasteiger partial charge on any atom is -0.330 e. The predicted octanol–water partition coefficient (Wildman–Crippen LogP) is 2.08. The van der Waals surface area contributed by atoms with Crippen molar-refractivity contribution < 1.29 is 13.2 Å². The average molecular weight is 254 g/mol. The third-order valence-electron chi connectivity index (χ3n) is 3.02.